The van der Waals surface area contributed by atoms with Gasteiger partial charge in [0.25, 0.3) is 0 Å². The summed E-state index contributed by atoms with van der Waals surface area (Å²) in [6, 6.07) is 10.6. The van der Waals surface area contributed by atoms with E-state index in [0.717, 1.165) is 30.3 Å². The van der Waals surface area contributed by atoms with Crippen molar-refractivity contribution in [2.24, 2.45) is 0 Å². The highest BCUT2D eigenvalue weighted by atomic mass is 14.9. The predicted octanol–water partition coefficient (Wildman–Crippen LogP) is 3.23. The molecule has 1 aromatic carbocycles. The van der Waals surface area contributed by atoms with Gasteiger partial charge in [-0.25, -0.2) is 9.97 Å². The van der Waals surface area contributed by atoms with Gasteiger partial charge >= 0.3 is 0 Å². The normalized spacial score (nSPS) is 19.0. The predicted molar refractivity (Wildman–Crippen MR) is 81.8 cm³/mol. The molecule has 0 saturated carbocycles. The molecule has 104 valence electrons. The molecule has 1 aliphatic rings. The molecule has 0 amide bonds. The van der Waals surface area contributed by atoms with E-state index in [9.17, 15) is 0 Å². The van der Waals surface area contributed by atoms with Crippen molar-refractivity contribution in [3.8, 4) is 11.3 Å². The molecule has 2 heterocycles. The number of nitrogens with zero attached hydrogens (tertiary/aromatic N) is 2. The minimum absolute atomic E-state index is 0.452. The van der Waals surface area contributed by atoms with Crippen LogP contribution in [0.2, 0.25) is 0 Å². The van der Waals surface area contributed by atoms with Gasteiger partial charge in [0.2, 0.25) is 0 Å². The smallest absolute Gasteiger partial charge is 0.133 e. The van der Waals surface area contributed by atoms with E-state index in [1.165, 1.54) is 24.0 Å². The lowest BCUT2D eigenvalue weighted by Gasteiger charge is -2.22. The van der Waals surface area contributed by atoms with Crippen LogP contribution in [-0.2, 0) is 0 Å². The Kier molecular flexibility index (Phi) is 3.79. The fourth-order valence-corrected chi connectivity index (χ4v) is 2.72. The van der Waals surface area contributed by atoms with Gasteiger partial charge in [-0.1, -0.05) is 29.8 Å². The minimum atomic E-state index is 0.452. The van der Waals surface area contributed by atoms with Crippen molar-refractivity contribution in [2.75, 3.05) is 13.1 Å². The quantitative estimate of drug-likeness (QED) is 0.907. The topological polar surface area (TPSA) is 37.8 Å². The SMILES string of the molecule is Cc1ccc(-c2cc(C)nc(C3CCCNC3)n2)cc1. The Morgan fingerprint density at radius 2 is 1.90 bits per heavy atom. The van der Waals surface area contributed by atoms with Crippen LogP contribution >= 0.6 is 0 Å². The zero-order valence-electron chi connectivity index (χ0n) is 12.2. The number of hydrogen-bond acceptors (Lipinski definition) is 3. The third-order valence-corrected chi connectivity index (χ3v) is 3.88. The number of benzene rings is 1. The summed E-state index contributed by atoms with van der Waals surface area (Å²) in [6.07, 6.45) is 2.39. The van der Waals surface area contributed by atoms with Crippen LogP contribution in [0.25, 0.3) is 11.3 Å². The number of nitrogens with one attached hydrogen (secondary N) is 1. The van der Waals surface area contributed by atoms with Gasteiger partial charge in [0.05, 0.1) is 5.69 Å². The number of piperidine rings is 1. The largest absolute Gasteiger partial charge is 0.316 e. The second-order valence-corrected chi connectivity index (χ2v) is 5.66. The zero-order chi connectivity index (χ0) is 13.9. The second kappa shape index (κ2) is 5.71. The third-order valence-electron chi connectivity index (χ3n) is 3.88. The molecule has 1 aliphatic heterocycles. The fourth-order valence-electron chi connectivity index (χ4n) is 2.72. The standard InChI is InChI=1S/C17H21N3/c1-12-5-7-14(8-6-12)16-10-13(2)19-17(20-16)15-4-3-9-18-11-15/h5-8,10,15,18H,3-4,9,11H2,1-2H3. The van der Waals surface area contributed by atoms with Crippen LogP contribution in [0.15, 0.2) is 30.3 Å². The van der Waals surface area contributed by atoms with E-state index in [4.69, 9.17) is 4.98 Å². The fraction of sp³-hybridized carbons (Fsp3) is 0.412. The Morgan fingerprint density at radius 1 is 1.10 bits per heavy atom. The second-order valence-electron chi connectivity index (χ2n) is 5.66. The molecular formula is C17H21N3. The summed E-state index contributed by atoms with van der Waals surface area (Å²) in [4.78, 5) is 9.46. The molecule has 0 spiro atoms. The monoisotopic (exact) mass is 267 g/mol. The molecule has 1 saturated heterocycles. The summed E-state index contributed by atoms with van der Waals surface area (Å²) in [7, 11) is 0. The molecule has 0 aliphatic carbocycles. The van der Waals surface area contributed by atoms with Gasteiger partial charge in [-0.15, -0.1) is 0 Å². The van der Waals surface area contributed by atoms with Gasteiger partial charge in [-0.2, -0.15) is 0 Å². The van der Waals surface area contributed by atoms with Crippen molar-refractivity contribution in [3.05, 3.63) is 47.4 Å². The first-order chi connectivity index (χ1) is 9.72. The highest BCUT2D eigenvalue weighted by Gasteiger charge is 2.18. The van der Waals surface area contributed by atoms with Crippen molar-refractivity contribution < 1.29 is 0 Å². The molecule has 3 heteroatoms. The zero-order valence-corrected chi connectivity index (χ0v) is 12.2. The lowest BCUT2D eigenvalue weighted by Crippen LogP contribution is -2.29. The molecule has 1 aromatic heterocycles. The van der Waals surface area contributed by atoms with Gasteiger partial charge in [-0.3, -0.25) is 0 Å². The van der Waals surface area contributed by atoms with Gasteiger partial charge in [0, 0.05) is 23.7 Å². The van der Waals surface area contributed by atoms with Crippen LogP contribution < -0.4 is 5.32 Å². The van der Waals surface area contributed by atoms with Crippen LogP contribution in [0.4, 0.5) is 0 Å². The molecule has 2 aromatic rings. The summed E-state index contributed by atoms with van der Waals surface area (Å²) in [5, 5.41) is 3.44. The Bertz CT molecular complexity index is 584. The maximum atomic E-state index is 4.81. The van der Waals surface area contributed by atoms with Crippen LogP contribution in [0, 0.1) is 13.8 Å². The maximum Gasteiger partial charge on any atom is 0.133 e. The number of aromatic nitrogens is 2. The Hall–Kier alpha value is -1.74. The summed E-state index contributed by atoms with van der Waals surface area (Å²) in [5.41, 5.74) is 4.54. The minimum Gasteiger partial charge on any atom is -0.316 e. The van der Waals surface area contributed by atoms with Crippen molar-refractivity contribution in [2.45, 2.75) is 32.6 Å². The van der Waals surface area contributed by atoms with Crippen molar-refractivity contribution in [1.29, 1.82) is 0 Å². The van der Waals surface area contributed by atoms with Crippen molar-refractivity contribution >= 4 is 0 Å². The summed E-state index contributed by atoms with van der Waals surface area (Å²) in [5.74, 6) is 1.45. The Morgan fingerprint density at radius 3 is 2.60 bits per heavy atom. The highest BCUT2D eigenvalue weighted by molar-refractivity contribution is 5.59. The average molecular weight is 267 g/mol. The van der Waals surface area contributed by atoms with Crippen molar-refractivity contribution in [3.63, 3.8) is 0 Å². The van der Waals surface area contributed by atoms with E-state index in [1.807, 2.05) is 0 Å². The van der Waals surface area contributed by atoms with Crippen LogP contribution in [-0.4, -0.2) is 23.1 Å². The van der Waals surface area contributed by atoms with E-state index in [0.29, 0.717) is 5.92 Å². The summed E-state index contributed by atoms with van der Waals surface area (Å²) >= 11 is 0. The van der Waals surface area contributed by atoms with Gasteiger partial charge in [0.15, 0.2) is 0 Å². The van der Waals surface area contributed by atoms with E-state index in [2.05, 4.69) is 54.5 Å². The van der Waals surface area contributed by atoms with Gasteiger partial charge < -0.3 is 5.32 Å². The van der Waals surface area contributed by atoms with E-state index < -0.39 is 0 Å². The highest BCUT2D eigenvalue weighted by Crippen LogP contribution is 2.24. The Labute approximate surface area is 120 Å². The molecule has 20 heavy (non-hydrogen) atoms. The lowest BCUT2D eigenvalue weighted by molar-refractivity contribution is 0.446. The van der Waals surface area contributed by atoms with E-state index in [1.54, 1.807) is 0 Å². The third kappa shape index (κ3) is 2.88. The summed E-state index contributed by atoms with van der Waals surface area (Å²) in [6.45, 7) is 6.27. The first kappa shape index (κ1) is 13.3. The van der Waals surface area contributed by atoms with E-state index >= 15 is 0 Å². The Balaban J connectivity index is 1.95. The number of aryl methyl sites for hydroxylation is 2. The molecule has 0 bridgehead atoms. The molecule has 1 fully saturated rings. The van der Waals surface area contributed by atoms with Crippen molar-refractivity contribution in [1.82, 2.24) is 15.3 Å². The average Bonchev–Trinajstić information content (AvgIpc) is 2.48. The number of rotatable bonds is 2. The molecular weight excluding hydrogens is 246 g/mol. The first-order valence-electron chi connectivity index (χ1n) is 7.36. The van der Waals surface area contributed by atoms with Crippen LogP contribution in [0.3, 0.4) is 0 Å². The van der Waals surface area contributed by atoms with E-state index in [-0.39, 0.29) is 0 Å². The summed E-state index contributed by atoms with van der Waals surface area (Å²) < 4.78 is 0. The molecule has 3 nitrogen and oxygen atoms in total. The molecule has 1 unspecified atom stereocenters. The molecule has 1 atom stereocenters. The number of hydrogen-bond donors (Lipinski definition) is 1. The molecule has 1 N–H and O–H groups in total. The van der Waals surface area contributed by atoms with Gasteiger partial charge in [-0.05, 0) is 39.3 Å². The first-order valence-corrected chi connectivity index (χ1v) is 7.36. The van der Waals surface area contributed by atoms with Crippen LogP contribution in [0.1, 0.15) is 35.8 Å². The van der Waals surface area contributed by atoms with Crippen LogP contribution in [0.5, 0.6) is 0 Å². The molecule has 0 radical (unpaired) electrons. The van der Waals surface area contributed by atoms with Gasteiger partial charge in [0.1, 0.15) is 5.82 Å². The molecule has 3 rings (SSSR count). The maximum absolute atomic E-state index is 4.81. The lowest BCUT2D eigenvalue weighted by atomic mass is 9.98.